The second-order valence-electron chi connectivity index (χ2n) is 13.9. The van der Waals surface area contributed by atoms with Crippen LogP contribution in [-0.4, -0.2) is 15.0 Å². The monoisotopic (exact) mass is 700 g/mol. The fraction of sp³-hybridized carbons (Fsp3) is 0.0196. The Kier molecular flexibility index (Phi) is 7.71. The summed E-state index contributed by atoms with van der Waals surface area (Å²) in [6.45, 7) is 0. The molecule has 1 heterocycles. The summed E-state index contributed by atoms with van der Waals surface area (Å²) in [6.07, 6.45) is 0. The minimum atomic E-state index is -0.624. The smallest absolute Gasteiger partial charge is 0.164 e. The molecule has 0 radical (unpaired) electrons. The van der Waals surface area contributed by atoms with Crippen LogP contribution in [0, 0.1) is 11.3 Å². The zero-order chi connectivity index (χ0) is 36.8. The molecule has 0 aliphatic heterocycles. The number of aromatic nitrogens is 3. The van der Waals surface area contributed by atoms with Crippen LogP contribution in [0.1, 0.15) is 27.8 Å². The van der Waals surface area contributed by atoms with Crippen molar-refractivity contribution in [1.82, 2.24) is 15.0 Å². The Labute approximate surface area is 319 Å². The lowest BCUT2D eigenvalue weighted by Gasteiger charge is -2.34. The molecule has 0 saturated heterocycles. The molecule has 4 heteroatoms. The summed E-state index contributed by atoms with van der Waals surface area (Å²) in [4.78, 5) is 15.0. The Balaban J connectivity index is 1.20. The van der Waals surface area contributed by atoms with E-state index in [4.69, 9.17) is 15.0 Å². The lowest BCUT2D eigenvalue weighted by molar-refractivity contribution is 0.770. The van der Waals surface area contributed by atoms with E-state index in [2.05, 4.69) is 115 Å². The third-order valence-corrected chi connectivity index (χ3v) is 10.8. The van der Waals surface area contributed by atoms with E-state index in [9.17, 15) is 5.26 Å². The quantitative estimate of drug-likeness (QED) is 0.173. The van der Waals surface area contributed by atoms with Gasteiger partial charge < -0.3 is 0 Å². The van der Waals surface area contributed by atoms with Gasteiger partial charge in [-0.15, -0.1) is 0 Å². The van der Waals surface area contributed by atoms with Gasteiger partial charge in [-0.05, 0) is 85.6 Å². The van der Waals surface area contributed by atoms with E-state index < -0.39 is 5.41 Å². The molecular formula is C51H32N4. The van der Waals surface area contributed by atoms with Crippen LogP contribution in [0.25, 0.3) is 67.2 Å². The second-order valence-corrected chi connectivity index (χ2v) is 13.9. The SMILES string of the molecule is N#Cc1ccc(-c2ccc3c(c2)C(c2ccccc2)(c2ccc(-c4nc(-c5ccccc5)nc(-c5ccccc5)n4)cc2)c2cc4ccccc4cc2-3)cc1. The minimum absolute atomic E-state index is 0.620. The van der Waals surface area contributed by atoms with Gasteiger partial charge in [-0.25, -0.2) is 15.0 Å². The van der Waals surface area contributed by atoms with E-state index in [1.807, 2.05) is 84.9 Å². The Hall–Kier alpha value is -7.48. The van der Waals surface area contributed by atoms with Gasteiger partial charge in [-0.3, -0.25) is 0 Å². The van der Waals surface area contributed by atoms with E-state index in [-0.39, 0.29) is 0 Å². The van der Waals surface area contributed by atoms with Crippen LogP contribution in [0.5, 0.6) is 0 Å². The summed E-state index contributed by atoms with van der Waals surface area (Å²) < 4.78 is 0. The van der Waals surface area contributed by atoms with Crippen LogP contribution in [-0.2, 0) is 5.41 Å². The zero-order valence-electron chi connectivity index (χ0n) is 29.8. The first kappa shape index (κ1) is 32.2. The molecule has 0 spiro atoms. The van der Waals surface area contributed by atoms with Crippen molar-refractivity contribution in [3.05, 3.63) is 222 Å². The average Bonchev–Trinajstić information content (AvgIpc) is 3.55. The third kappa shape index (κ3) is 5.41. The number of fused-ring (bicyclic) bond motifs is 4. The van der Waals surface area contributed by atoms with Crippen molar-refractivity contribution in [3.8, 4) is 62.5 Å². The summed E-state index contributed by atoms with van der Waals surface area (Å²) >= 11 is 0. The maximum Gasteiger partial charge on any atom is 0.164 e. The van der Waals surface area contributed by atoms with Gasteiger partial charge in [0.05, 0.1) is 17.0 Å². The van der Waals surface area contributed by atoms with Crippen LogP contribution >= 0.6 is 0 Å². The third-order valence-electron chi connectivity index (χ3n) is 10.8. The van der Waals surface area contributed by atoms with Crippen molar-refractivity contribution in [2.24, 2.45) is 0 Å². The maximum atomic E-state index is 9.49. The largest absolute Gasteiger partial charge is 0.208 e. The van der Waals surface area contributed by atoms with Crippen LogP contribution in [0.3, 0.4) is 0 Å². The Morgan fingerprint density at radius 1 is 0.364 bits per heavy atom. The molecule has 0 amide bonds. The highest BCUT2D eigenvalue weighted by Crippen LogP contribution is 2.57. The number of rotatable bonds is 6. The van der Waals surface area contributed by atoms with E-state index in [1.54, 1.807) is 0 Å². The normalized spacial score (nSPS) is 14.2. The molecule has 10 rings (SSSR count). The molecule has 1 atom stereocenters. The van der Waals surface area contributed by atoms with Crippen molar-refractivity contribution < 1.29 is 0 Å². The standard InChI is InChI=1S/C51H32N4/c52-33-34-20-22-35(23-21-34)41-26-29-44-45-30-39-16-10-11-17-40(39)31-47(45)51(46(44)32-41,42-18-8-3-9-19-42)43-27-24-38(25-28-43)50-54-48(36-12-4-1-5-13-36)53-49(55-50)37-14-6-2-7-15-37/h1-32H. The van der Waals surface area contributed by atoms with Gasteiger partial charge >= 0.3 is 0 Å². The second kappa shape index (κ2) is 13.2. The van der Waals surface area contributed by atoms with Gasteiger partial charge in [0.2, 0.25) is 0 Å². The van der Waals surface area contributed by atoms with Gasteiger partial charge in [0.25, 0.3) is 0 Å². The molecule has 0 fully saturated rings. The number of nitrogens with zero attached hydrogens (tertiary/aromatic N) is 4. The van der Waals surface area contributed by atoms with Crippen LogP contribution in [0.2, 0.25) is 0 Å². The highest BCUT2D eigenvalue weighted by Gasteiger charge is 2.46. The van der Waals surface area contributed by atoms with Gasteiger partial charge in [-0.1, -0.05) is 164 Å². The molecule has 4 nitrogen and oxygen atoms in total. The molecule has 0 bridgehead atoms. The molecule has 1 aromatic heterocycles. The molecule has 8 aromatic carbocycles. The first-order valence-electron chi connectivity index (χ1n) is 18.4. The molecule has 1 aliphatic rings. The molecule has 9 aromatic rings. The van der Waals surface area contributed by atoms with Crippen LogP contribution < -0.4 is 0 Å². The number of hydrogen-bond acceptors (Lipinski definition) is 4. The molecule has 0 N–H and O–H groups in total. The van der Waals surface area contributed by atoms with E-state index in [0.717, 1.165) is 33.4 Å². The van der Waals surface area contributed by atoms with Gasteiger partial charge in [0, 0.05) is 16.7 Å². The summed E-state index contributed by atoms with van der Waals surface area (Å²) in [5.74, 6) is 1.89. The summed E-state index contributed by atoms with van der Waals surface area (Å²) in [5, 5.41) is 11.9. The predicted octanol–water partition coefficient (Wildman–Crippen LogP) is 11.9. The summed E-state index contributed by atoms with van der Waals surface area (Å²) in [5.41, 5.74) is 12.2. The topological polar surface area (TPSA) is 62.5 Å². The fourth-order valence-corrected chi connectivity index (χ4v) is 8.21. The first-order chi connectivity index (χ1) is 27.2. The van der Waals surface area contributed by atoms with E-state index in [1.165, 1.54) is 38.6 Å². The number of benzene rings is 8. The van der Waals surface area contributed by atoms with E-state index in [0.29, 0.717) is 23.0 Å². The minimum Gasteiger partial charge on any atom is -0.208 e. The van der Waals surface area contributed by atoms with Crippen molar-refractivity contribution >= 4 is 10.8 Å². The maximum absolute atomic E-state index is 9.49. The van der Waals surface area contributed by atoms with Gasteiger partial charge in [-0.2, -0.15) is 5.26 Å². The first-order valence-corrected chi connectivity index (χ1v) is 18.4. The summed E-state index contributed by atoms with van der Waals surface area (Å²) in [6, 6.07) is 70.1. The van der Waals surface area contributed by atoms with Crippen LogP contribution in [0.15, 0.2) is 194 Å². The number of hydrogen-bond donors (Lipinski definition) is 0. The summed E-state index contributed by atoms with van der Waals surface area (Å²) in [7, 11) is 0. The molecule has 0 saturated carbocycles. The van der Waals surface area contributed by atoms with Crippen molar-refractivity contribution in [2.75, 3.05) is 0 Å². The molecule has 55 heavy (non-hydrogen) atoms. The highest BCUT2D eigenvalue weighted by molar-refractivity contribution is 5.96. The Bertz CT molecular complexity index is 2840. The lowest BCUT2D eigenvalue weighted by atomic mass is 9.67. The number of nitriles is 1. The lowest BCUT2D eigenvalue weighted by Crippen LogP contribution is -2.28. The molecule has 256 valence electrons. The zero-order valence-corrected chi connectivity index (χ0v) is 29.8. The highest BCUT2D eigenvalue weighted by atomic mass is 15.0. The van der Waals surface area contributed by atoms with Crippen molar-refractivity contribution in [2.45, 2.75) is 5.41 Å². The molecule has 1 aliphatic carbocycles. The predicted molar refractivity (Wildman–Crippen MR) is 221 cm³/mol. The fourth-order valence-electron chi connectivity index (χ4n) is 8.21. The van der Waals surface area contributed by atoms with Gasteiger partial charge in [0.15, 0.2) is 17.5 Å². The van der Waals surface area contributed by atoms with Gasteiger partial charge in [0.1, 0.15) is 0 Å². The Morgan fingerprint density at radius 2 is 0.818 bits per heavy atom. The molecular weight excluding hydrogens is 669 g/mol. The van der Waals surface area contributed by atoms with Crippen LogP contribution in [0.4, 0.5) is 0 Å². The van der Waals surface area contributed by atoms with Crippen molar-refractivity contribution in [3.63, 3.8) is 0 Å². The molecule has 1 unspecified atom stereocenters. The van der Waals surface area contributed by atoms with Crippen molar-refractivity contribution in [1.29, 1.82) is 5.26 Å². The average molecular weight is 701 g/mol. The van der Waals surface area contributed by atoms with E-state index >= 15 is 0 Å². The Morgan fingerprint density at radius 3 is 1.40 bits per heavy atom.